The third kappa shape index (κ3) is 4.67. The van der Waals surface area contributed by atoms with Gasteiger partial charge in [0, 0.05) is 37.9 Å². The Labute approximate surface area is 127 Å². The van der Waals surface area contributed by atoms with Gasteiger partial charge < -0.3 is 9.47 Å². The molecule has 4 nitrogen and oxygen atoms in total. The summed E-state index contributed by atoms with van der Waals surface area (Å²) in [7, 11) is 0. The monoisotopic (exact) mass is 296 g/mol. The molecule has 0 bridgehead atoms. The van der Waals surface area contributed by atoms with E-state index in [0.29, 0.717) is 37.4 Å². The molecule has 1 aliphatic rings. The Hall–Kier alpha value is -1.16. The van der Waals surface area contributed by atoms with Gasteiger partial charge in [0.15, 0.2) is 5.78 Å². The lowest BCUT2D eigenvalue weighted by Gasteiger charge is -2.39. The Morgan fingerprint density at radius 1 is 1.33 bits per heavy atom. The average Bonchev–Trinajstić information content (AvgIpc) is 2.37. The highest BCUT2D eigenvalue weighted by Crippen LogP contribution is 2.44. The Morgan fingerprint density at radius 2 is 2.00 bits per heavy atom. The highest BCUT2D eigenvalue weighted by molar-refractivity contribution is 5.99. The van der Waals surface area contributed by atoms with Crippen LogP contribution >= 0.6 is 0 Å². The summed E-state index contributed by atoms with van der Waals surface area (Å²) in [6.45, 7) is 10.7. The summed E-state index contributed by atoms with van der Waals surface area (Å²) in [5.41, 5.74) is 0.476. The standard InChI is InChI=1S/C17H28O4/c1-6-8-14-16(19)13(9-10-20-7-2)15(21-12(3)18)11-17(14,4)5/h14H,6-11H2,1-5H3. The molecule has 0 fully saturated rings. The molecular formula is C17H28O4. The van der Waals surface area contributed by atoms with Crippen molar-refractivity contribution in [3.63, 3.8) is 0 Å². The molecule has 0 spiro atoms. The summed E-state index contributed by atoms with van der Waals surface area (Å²) >= 11 is 0. The molecule has 21 heavy (non-hydrogen) atoms. The number of ketones is 1. The molecule has 0 aliphatic heterocycles. The zero-order valence-electron chi connectivity index (χ0n) is 14.0. The van der Waals surface area contributed by atoms with Crippen LogP contribution in [-0.4, -0.2) is 25.0 Å². The van der Waals surface area contributed by atoms with E-state index in [9.17, 15) is 9.59 Å². The van der Waals surface area contributed by atoms with Gasteiger partial charge in [0.2, 0.25) is 0 Å². The third-order valence-corrected chi connectivity index (χ3v) is 4.05. The summed E-state index contributed by atoms with van der Waals surface area (Å²) in [6.07, 6.45) is 2.99. The lowest BCUT2D eigenvalue weighted by molar-refractivity contribution is -0.138. The van der Waals surface area contributed by atoms with Gasteiger partial charge in [-0.05, 0) is 18.8 Å². The van der Waals surface area contributed by atoms with Crippen LogP contribution in [0.1, 0.15) is 60.3 Å². The number of esters is 1. The predicted molar refractivity (Wildman–Crippen MR) is 81.7 cm³/mol. The van der Waals surface area contributed by atoms with Gasteiger partial charge in [-0.1, -0.05) is 27.2 Å². The molecular weight excluding hydrogens is 268 g/mol. The van der Waals surface area contributed by atoms with Crippen molar-refractivity contribution in [2.75, 3.05) is 13.2 Å². The average molecular weight is 296 g/mol. The zero-order chi connectivity index (χ0) is 16.0. The van der Waals surface area contributed by atoms with Gasteiger partial charge in [-0.2, -0.15) is 0 Å². The van der Waals surface area contributed by atoms with Crippen molar-refractivity contribution in [1.82, 2.24) is 0 Å². The Kier molecular flexibility index (Phi) is 6.59. The number of hydrogen-bond donors (Lipinski definition) is 0. The summed E-state index contributed by atoms with van der Waals surface area (Å²) in [5.74, 6) is 0.309. The number of carbonyl (C=O) groups is 2. The van der Waals surface area contributed by atoms with E-state index in [2.05, 4.69) is 20.8 Å². The maximum Gasteiger partial charge on any atom is 0.307 e. The lowest BCUT2D eigenvalue weighted by atomic mass is 9.66. The molecule has 0 saturated carbocycles. The second-order valence-corrected chi connectivity index (χ2v) is 6.31. The summed E-state index contributed by atoms with van der Waals surface area (Å²) in [5, 5.41) is 0. The van der Waals surface area contributed by atoms with Gasteiger partial charge in [-0.3, -0.25) is 9.59 Å². The maximum atomic E-state index is 12.8. The first-order valence-corrected chi connectivity index (χ1v) is 7.85. The minimum atomic E-state index is -0.364. The minimum absolute atomic E-state index is 0.00145. The molecule has 0 radical (unpaired) electrons. The van der Waals surface area contributed by atoms with Crippen molar-refractivity contribution in [3.8, 4) is 0 Å². The van der Waals surface area contributed by atoms with Gasteiger partial charge in [0.1, 0.15) is 5.76 Å². The van der Waals surface area contributed by atoms with E-state index in [1.54, 1.807) is 0 Å². The minimum Gasteiger partial charge on any atom is -0.431 e. The van der Waals surface area contributed by atoms with E-state index in [4.69, 9.17) is 9.47 Å². The van der Waals surface area contributed by atoms with Crippen molar-refractivity contribution in [2.45, 2.75) is 60.3 Å². The van der Waals surface area contributed by atoms with Crippen molar-refractivity contribution in [2.24, 2.45) is 11.3 Å². The molecule has 1 unspecified atom stereocenters. The van der Waals surface area contributed by atoms with Crippen LogP contribution < -0.4 is 0 Å². The van der Waals surface area contributed by atoms with E-state index in [0.717, 1.165) is 12.8 Å². The van der Waals surface area contributed by atoms with E-state index in [1.165, 1.54) is 6.92 Å². The molecule has 0 amide bonds. The van der Waals surface area contributed by atoms with Crippen LogP contribution in [0.3, 0.4) is 0 Å². The molecule has 0 aromatic heterocycles. The molecule has 0 heterocycles. The van der Waals surface area contributed by atoms with Gasteiger partial charge in [0.05, 0.1) is 6.61 Å². The Morgan fingerprint density at radius 3 is 2.52 bits per heavy atom. The van der Waals surface area contributed by atoms with Crippen LogP contribution in [0.4, 0.5) is 0 Å². The topological polar surface area (TPSA) is 52.6 Å². The van der Waals surface area contributed by atoms with Gasteiger partial charge in [0.25, 0.3) is 0 Å². The number of allylic oxidation sites excluding steroid dienone is 1. The van der Waals surface area contributed by atoms with E-state index < -0.39 is 0 Å². The van der Waals surface area contributed by atoms with E-state index >= 15 is 0 Å². The van der Waals surface area contributed by atoms with Crippen LogP contribution in [-0.2, 0) is 19.1 Å². The predicted octanol–water partition coefficient (Wildman–Crippen LogP) is 3.65. The second-order valence-electron chi connectivity index (χ2n) is 6.31. The number of carbonyl (C=O) groups excluding carboxylic acids is 2. The molecule has 1 atom stereocenters. The van der Waals surface area contributed by atoms with Crippen LogP contribution in [0.2, 0.25) is 0 Å². The van der Waals surface area contributed by atoms with Crippen LogP contribution in [0, 0.1) is 11.3 Å². The molecule has 0 N–H and O–H groups in total. The summed E-state index contributed by atoms with van der Waals surface area (Å²) < 4.78 is 10.7. The van der Waals surface area contributed by atoms with Crippen LogP contribution in [0.25, 0.3) is 0 Å². The number of ether oxygens (including phenoxy) is 2. The van der Waals surface area contributed by atoms with Crippen LogP contribution in [0.5, 0.6) is 0 Å². The van der Waals surface area contributed by atoms with Crippen molar-refractivity contribution in [1.29, 1.82) is 0 Å². The molecule has 0 saturated heterocycles. The van der Waals surface area contributed by atoms with Crippen molar-refractivity contribution < 1.29 is 19.1 Å². The highest BCUT2D eigenvalue weighted by atomic mass is 16.5. The van der Waals surface area contributed by atoms with E-state index in [-0.39, 0.29) is 23.1 Å². The molecule has 4 heteroatoms. The Balaban J connectivity index is 3.07. The molecule has 1 aliphatic carbocycles. The fourth-order valence-corrected chi connectivity index (χ4v) is 3.01. The van der Waals surface area contributed by atoms with Crippen molar-refractivity contribution >= 4 is 11.8 Å². The second kappa shape index (κ2) is 7.74. The van der Waals surface area contributed by atoms with Gasteiger partial charge >= 0.3 is 5.97 Å². The fraction of sp³-hybridized carbons (Fsp3) is 0.765. The first-order valence-electron chi connectivity index (χ1n) is 7.85. The highest BCUT2D eigenvalue weighted by Gasteiger charge is 2.42. The quantitative estimate of drug-likeness (QED) is 0.531. The first-order chi connectivity index (χ1) is 9.83. The lowest BCUT2D eigenvalue weighted by Crippen LogP contribution is -2.38. The van der Waals surface area contributed by atoms with Crippen molar-refractivity contribution in [3.05, 3.63) is 11.3 Å². The Bertz CT molecular complexity index is 421. The first kappa shape index (κ1) is 17.9. The molecule has 120 valence electrons. The number of rotatable bonds is 7. The molecule has 1 rings (SSSR count). The third-order valence-electron chi connectivity index (χ3n) is 4.05. The van der Waals surface area contributed by atoms with Gasteiger partial charge in [-0.25, -0.2) is 0 Å². The summed E-state index contributed by atoms with van der Waals surface area (Å²) in [4.78, 5) is 24.1. The van der Waals surface area contributed by atoms with Gasteiger partial charge in [-0.15, -0.1) is 0 Å². The number of hydrogen-bond acceptors (Lipinski definition) is 4. The molecule has 0 aromatic rings. The summed E-state index contributed by atoms with van der Waals surface area (Å²) in [6, 6.07) is 0. The normalized spacial score (nSPS) is 21.6. The van der Waals surface area contributed by atoms with E-state index in [1.807, 2.05) is 6.92 Å². The molecule has 0 aromatic carbocycles. The largest absolute Gasteiger partial charge is 0.431 e. The fourth-order valence-electron chi connectivity index (χ4n) is 3.01. The van der Waals surface area contributed by atoms with Crippen LogP contribution in [0.15, 0.2) is 11.3 Å². The number of Topliss-reactive ketones (excluding diaryl/α,β-unsaturated/α-hetero) is 1. The smallest absolute Gasteiger partial charge is 0.307 e. The maximum absolute atomic E-state index is 12.8. The SMILES string of the molecule is CCCC1C(=O)C(CCOCC)=C(OC(C)=O)CC1(C)C. The zero-order valence-corrected chi connectivity index (χ0v) is 14.0.